The number of carbonyl (C=O) groups excluding carboxylic acids is 2. The van der Waals surface area contributed by atoms with Crippen LogP contribution in [0.1, 0.15) is 18.1 Å². The lowest BCUT2D eigenvalue weighted by atomic mass is 10.2. The summed E-state index contributed by atoms with van der Waals surface area (Å²) in [6.07, 6.45) is 1.40. The Hall–Kier alpha value is -3.55. The Labute approximate surface area is 201 Å². The molecule has 3 rings (SSSR count). The van der Waals surface area contributed by atoms with Crippen molar-refractivity contribution in [3.63, 3.8) is 0 Å². The Balaban J connectivity index is 1.59. The van der Waals surface area contributed by atoms with E-state index in [1.807, 2.05) is 19.1 Å². The molecule has 3 aromatic carbocycles. The van der Waals surface area contributed by atoms with Crippen LogP contribution in [-0.2, 0) is 16.2 Å². The Morgan fingerprint density at radius 3 is 2.42 bits per heavy atom. The van der Waals surface area contributed by atoms with Gasteiger partial charge < -0.3 is 14.8 Å². The minimum absolute atomic E-state index is 0.350. The summed E-state index contributed by atoms with van der Waals surface area (Å²) < 4.78 is 11.5. The molecule has 0 saturated carbocycles. The minimum atomic E-state index is -0.917. The standard InChI is InChI=1S/C24H21Cl2N3O4/c1-2-32-22-12-17(8-11-21(22)33-15-16-6-9-18(25)10-7-16)14-27-29-24(31)23(30)28-20-5-3-4-19(26)13-20/h3-14H,2,15H2,1H3,(H,28,30)(H,29,31)/b27-14-. The first kappa shape index (κ1) is 24.1. The van der Waals surface area contributed by atoms with Gasteiger partial charge in [0, 0.05) is 15.7 Å². The minimum Gasteiger partial charge on any atom is -0.490 e. The molecule has 0 aliphatic heterocycles. The van der Waals surface area contributed by atoms with Crippen LogP contribution in [0.4, 0.5) is 5.69 Å². The summed E-state index contributed by atoms with van der Waals surface area (Å²) in [6, 6.07) is 19.1. The largest absolute Gasteiger partial charge is 0.490 e. The lowest BCUT2D eigenvalue weighted by Crippen LogP contribution is -2.32. The van der Waals surface area contributed by atoms with Crippen molar-refractivity contribution >= 4 is 46.9 Å². The van der Waals surface area contributed by atoms with E-state index in [1.54, 1.807) is 48.5 Å². The number of benzene rings is 3. The predicted molar refractivity (Wildman–Crippen MR) is 129 cm³/mol. The fourth-order valence-electron chi connectivity index (χ4n) is 2.70. The highest BCUT2D eigenvalue weighted by molar-refractivity contribution is 6.39. The van der Waals surface area contributed by atoms with Gasteiger partial charge in [-0.2, -0.15) is 5.10 Å². The van der Waals surface area contributed by atoms with Gasteiger partial charge in [-0.3, -0.25) is 9.59 Å². The number of nitrogens with zero attached hydrogens (tertiary/aromatic N) is 1. The first-order valence-corrected chi connectivity index (χ1v) is 10.7. The van der Waals surface area contributed by atoms with Crippen molar-refractivity contribution < 1.29 is 19.1 Å². The average molecular weight is 486 g/mol. The van der Waals surface area contributed by atoms with Gasteiger partial charge in [0.25, 0.3) is 0 Å². The third-order valence-corrected chi connectivity index (χ3v) is 4.73. The van der Waals surface area contributed by atoms with E-state index in [0.717, 1.165) is 5.56 Å². The number of hydrogen-bond acceptors (Lipinski definition) is 5. The van der Waals surface area contributed by atoms with Gasteiger partial charge in [-0.1, -0.05) is 41.4 Å². The van der Waals surface area contributed by atoms with E-state index in [0.29, 0.717) is 46.0 Å². The van der Waals surface area contributed by atoms with Gasteiger partial charge in [-0.15, -0.1) is 0 Å². The normalized spacial score (nSPS) is 10.6. The third kappa shape index (κ3) is 7.52. The van der Waals surface area contributed by atoms with Crippen LogP contribution in [0.15, 0.2) is 71.8 Å². The SMILES string of the molecule is CCOc1cc(/C=N\NC(=O)C(=O)Nc2cccc(Cl)c2)ccc1OCc1ccc(Cl)cc1. The van der Waals surface area contributed by atoms with E-state index in [1.165, 1.54) is 12.3 Å². The molecule has 0 atom stereocenters. The van der Waals surface area contributed by atoms with Crippen LogP contribution in [0, 0.1) is 0 Å². The number of hydrazone groups is 1. The Morgan fingerprint density at radius 1 is 0.909 bits per heavy atom. The van der Waals surface area contributed by atoms with Crippen LogP contribution in [0.3, 0.4) is 0 Å². The van der Waals surface area contributed by atoms with Crippen LogP contribution < -0.4 is 20.2 Å². The maximum atomic E-state index is 12.0. The summed E-state index contributed by atoms with van der Waals surface area (Å²) in [5.41, 5.74) is 4.20. The molecule has 0 aliphatic carbocycles. The lowest BCUT2D eigenvalue weighted by molar-refractivity contribution is -0.136. The van der Waals surface area contributed by atoms with E-state index >= 15 is 0 Å². The van der Waals surface area contributed by atoms with E-state index in [-0.39, 0.29) is 0 Å². The van der Waals surface area contributed by atoms with Gasteiger partial charge in [0.05, 0.1) is 12.8 Å². The molecule has 2 amide bonds. The van der Waals surface area contributed by atoms with Crippen molar-refractivity contribution in [3.05, 3.63) is 87.9 Å². The fraction of sp³-hybridized carbons (Fsp3) is 0.125. The number of anilines is 1. The molecule has 0 aromatic heterocycles. The van der Waals surface area contributed by atoms with Gasteiger partial charge >= 0.3 is 11.8 Å². The molecule has 0 fully saturated rings. The molecule has 0 unspecified atom stereocenters. The third-order valence-electron chi connectivity index (χ3n) is 4.24. The molecule has 0 saturated heterocycles. The summed E-state index contributed by atoms with van der Waals surface area (Å²) in [7, 11) is 0. The van der Waals surface area contributed by atoms with Crippen molar-refractivity contribution in [2.75, 3.05) is 11.9 Å². The Bertz CT molecular complexity index is 1150. The molecule has 33 heavy (non-hydrogen) atoms. The van der Waals surface area contributed by atoms with Crippen LogP contribution in [0.2, 0.25) is 10.0 Å². The predicted octanol–water partition coefficient (Wildman–Crippen LogP) is 5.06. The van der Waals surface area contributed by atoms with E-state index < -0.39 is 11.8 Å². The molecule has 0 aliphatic rings. The number of nitrogens with one attached hydrogen (secondary N) is 2. The number of ether oxygens (including phenoxy) is 2. The summed E-state index contributed by atoms with van der Waals surface area (Å²) in [6.45, 7) is 2.66. The smallest absolute Gasteiger partial charge is 0.329 e. The first-order valence-electron chi connectivity index (χ1n) is 9.98. The summed E-state index contributed by atoms with van der Waals surface area (Å²) in [5, 5.41) is 7.38. The van der Waals surface area contributed by atoms with Gasteiger partial charge in [-0.05, 0) is 66.6 Å². The topological polar surface area (TPSA) is 89.0 Å². The monoisotopic (exact) mass is 485 g/mol. The highest BCUT2D eigenvalue weighted by atomic mass is 35.5. The molecule has 7 nitrogen and oxygen atoms in total. The first-order chi connectivity index (χ1) is 15.9. The highest BCUT2D eigenvalue weighted by Gasteiger charge is 2.13. The molecule has 3 aromatic rings. The molecule has 9 heteroatoms. The Kier molecular flexibility index (Phi) is 8.69. The van der Waals surface area contributed by atoms with E-state index in [4.69, 9.17) is 32.7 Å². The van der Waals surface area contributed by atoms with Gasteiger partial charge in [0.2, 0.25) is 0 Å². The average Bonchev–Trinajstić information content (AvgIpc) is 2.80. The van der Waals surface area contributed by atoms with Crippen molar-refractivity contribution in [2.24, 2.45) is 5.10 Å². The molecule has 170 valence electrons. The second-order valence-electron chi connectivity index (χ2n) is 6.72. The molecular weight excluding hydrogens is 465 g/mol. The summed E-state index contributed by atoms with van der Waals surface area (Å²) in [4.78, 5) is 23.9. The van der Waals surface area contributed by atoms with E-state index in [2.05, 4.69) is 15.8 Å². The Morgan fingerprint density at radius 2 is 1.70 bits per heavy atom. The van der Waals surface area contributed by atoms with Crippen LogP contribution in [-0.4, -0.2) is 24.6 Å². The zero-order valence-corrected chi connectivity index (χ0v) is 19.2. The highest BCUT2D eigenvalue weighted by Crippen LogP contribution is 2.29. The van der Waals surface area contributed by atoms with Gasteiger partial charge in [-0.25, -0.2) is 5.43 Å². The number of carbonyl (C=O) groups is 2. The number of halogens is 2. The second kappa shape index (κ2) is 11.9. The second-order valence-corrected chi connectivity index (χ2v) is 7.59. The van der Waals surface area contributed by atoms with Gasteiger partial charge in [0.1, 0.15) is 6.61 Å². The maximum Gasteiger partial charge on any atom is 0.329 e. The zero-order chi connectivity index (χ0) is 23.6. The van der Waals surface area contributed by atoms with E-state index in [9.17, 15) is 9.59 Å². The van der Waals surface area contributed by atoms with Crippen LogP contribution >= 0.6 is 23.2 Å². The van der Waals surface area contributed by atoms with Crippen molar-refractivity contribution in [2.45, 2.75) is 13.5 Å². The van der Waals surface area contributed by atoms with Gasteiger partial charge in [0.15, 0.2) is 11.5 Å². The summed E-state index contributed by atoms with van der Waals surface area (Å²) in [5.74, 6) is -0.691. The van der Waals surface area contributed by atoms with Crippen molar-refractivity contribution in [1.82, 2.24) is 5.43 Å². The molecular formula is C24H21Cl2N3O4. The van der Waals surface area contributed by atoms with Crippen molar-refractivity contribution in [3.8, 4) is 11.5 Å². The maximum absolute atomic E-state index is 12.0. The fourth-order valence-corrected chi connectivity index (χ4v) is 3.02. The molecule has 0 heterocycles. The quantitative estimate of drug-likeness (QED) is 0.265. The molecule has 2 N–H and O–H groups in total. The molecule has 0 bridgehead atoms. The van der Waals surface area contributed by atoms with Crippen LogP contribution in [0.5, 0.6) is 11.5 Å². The number of amides is 2. The molecule has 0 radical (unpaired) electrons. The summed E-state index contributed by atoms with van der Waals surface area (Å²) >= 11 is 11.8. The van der Waals surface area contributed by atoms with Crippen LogP contribution in [0.25, 0.3) is 0 Å². The zero-order valence-electron chi connectivity index (χ0n) is 17.7. The van der Waals surface area contributed by atoms with Crippen molar-refractivity contribution in [1.29, 1.82) is 0 Å². The number of rotatable bonds is 8. The lowest BCUT2D eigenvalue weighted by Gasteiger charge is -2.12. The number of hydrogen-bond donors (Lipinski definition) is 2. The molecule has 0 spiro atoms.